The number of nitrogens with one attached hydrogen (secondary N) is 1. The first kappa shape index (κ1) is 13.0. The monoisotopic (exact) mass is 314 g/mol. The normalized spacial score (nSPS) is 16.1. The highest BCUT2D eigenvalue weighted by molar-refractivity contribution is 9.10. The molecule has 1 aromatic rings. The predicted octanol–water partition coefficient (Wildman–Crippen LogP) is 1.55. The second kappa shape index (κ2) is 5.48. The number of rotatable bonds is 1. The van der Waals surface area contributed by atoms with Crippen LogP contribution in [0.4, 0.5) is 4.39 Å². The lowest BCUT2D eigenvalue weighted by molar-refractivity contribution is -0.121. The molecule has 1 aromatic carbocycles. The minimum absolute atomic E-state index is 0.0211. The van der Waals surface area contributed by atoms with E-state index < -0.39 is 11.7 Å². The number of hydrogen-bond acceptors (Lipinski definition) is 2. The maximum Gasteiger partial charge on any atom is 0.258 e. The third-order valence-corrected chi connectivity index (χ3v) is 3.39. The molecule has 1 aliphatic heterocycles. The van der Waals surface area contributed by atoms with Crippen LogP contribution in [0.25, 0.3) is 0 Å². The standard InChI is InChI=1S/C12H12BrFN2O2/c13-8-3-1-4-9(14)11(8)12(18)16-6-2-5-15-10(17)7-16/h1,3-4H,2,5-7H2,(H,15,17). The summed E-state index contributed by atoms with van der Waals surface area (Å²) in [6.07, 6.45) is 0.670. The summed E-state index contributed by atoms with van der Waals surface area (Å²) >= 11 is 3.16. The van der Waals surface area contributed by atoms with Crippen LogP contribution < -0.4 is 5.32 Å². The Morgan fingerprint density at radius 1 is 1.44 bits per heavy atom. The zero-order valence-corrected chi connectivity index (χ0v) is 11.2. The van der Waals surface area contributed by atoms with Gasteiger partial charge in [-0.25, -0.2) is 4.39 Å². The molecule has 0 aliphatic carbocycles. The highest BCUT2D eigenvalue weighted by atomic mass is 79.9. The van der Waals surface area contributed by atoms with Crippen LogP contribution >= 0.6 is 15.9 Å². The molecule has 1 fully saturated rings. The Balaban J connectivity index is 2.27. The van der Waals surface area contributed by atoms with Crippen LogP contribution in [0.1, 0.15) is 16.8 Å². The molecule has 1 heterocycles. The van der Waals surface area contributed by atoms with Gasteiger partial charge in [0, 0.05) is 17.6 Å². The Morgan fingerprint density at radius 3 is 2.94 bits per heavy atom. The maximum absolute atomic E-state index is 13.7. The van der Waals surface area contributed by atoms with Gasteiger partial charge >= 0.3 is 0 Å². The molecule has 1 saturated heterocycles. The zero-order chi connectivity index (χ0) is 13.1. The summed E-state index contributed by atoms with van der Waals surface area (Å²) in [6.45, 7) is 0.957. The molecule has 0 spiro atoms. The van der Waals surface area contributed by atoms with Crippen molar-refractivity contribution in [1.29, 1.82) is 0 Å². The quantitative estimate of drug-likeness (QED) is 0.855. The van der Waals surface area contributed by atoms with Gasteiger partial charge in [-0.3, -0.25) is 9.59 Å². The number of nitrogens with zero attached hydrogens (tertiary/aromatic N) is 1. The third kappa shape index (κ3) is 2.69. The molecule has 1 aliphatic rings. The van der Waals surface area contributed by atoms with E-state index >= 15 is 0 Å². The first-order valence-electron chi connectivity index (χ1n) is 5.59. The fraction of sp³-hybridized carbons (Fsp3) is 0.333. The van der Waals surface area contributed by atoms with Gasteiger partial charge in [-0.05, 0) is 34.5 Å². The third-order valence-electron chi connectivity index (χ3n) is 2.73. The van der Waals surface area contributed by atoms with E-state index in [1.54, 1.807) is 6.07 Å². The first-order chi connectivity index (χ1) is 8.59. The van der Waals surface area contributed by atoms with Gasteiger partial charge in [-0.1, -0.05) is 6.07 Å². The van der Waals surface area contributed by atoms with Gasteiger partial charge in [-0.2, -0.15) is 0 Å². The lowest BCUT2D eigenvalue weighted by atomic mass is 10.2. The Kier molecular flexibility index (Phi) is 3.96. The van der Waals surface area contributed by atoms with Gasteiger partial charge in [0.25, 0.3) is 5.91 Å². The van der Waals surface area contributed by atoms with Crippen LogP contribution in [-0.4, -0.2) is 36.3 Å². The van der Waals surface area contributed by atoms with Gasteiger partial charge in [0.2, 0.25) is 5.91 Å². The average molecular weight is 315 g/mol. The van der Waals surface area contributed by atoms with Crippen molar-refractivity contribution in [2.45, 2.75) is 6.42 Å². The van der Waals surface area contributed by atoms with Crippen molar-refractivity contribution in [3.05, 3.63) is 34.1 Å². The van der Waals surface area contributed by atoms with Crippen molar-refractivity contribution >= 4 is 27.7 Å². The average Bonchev–Trinajstić information content (AvgIpc) is 2.53. The van der Waals surface area contributed by atoms with Crippen molar-refractivity contribution in [1.82, 2.24) is 10.2 Å². The molecule has 6 heteroatoms. The number of carbonyl (C=O) groups excluding carboxylic acids is 2. The van der Waals surface area contributed by atoms with E-state index in [1.165, 1.54) is 17.0 Å². The minimum Gasteiger partial charge on any atom is -0.354 e. The lowest BCUT2D eigenvalue weighted by Gasteiger charge is -2.19. The van der Waals surface area contributed by atoms with E-state index in [0.29, 0.717) is 24.0 Å². The summed E-state index contributed by atoms with van der Waals surface area (Å²) in [7, 11) is 0. The molecular weight excluding hydrogens is 303 g/mol. The van der Waals surface area contributed by atoms with Gasteiger partial charge in [0.05, 0.1) is 12.1 Å². The van der Waals surface area contributed by atoms with Crippen LogP contribution in [0.5, 0.6) is 0 Å². The molecule has 0 radical (unpaired) electrons. The number of benzene rings is 1. The second-order valence-electron chi connectivity index (χ2n) is 4.03. The zero-order valence-electron chi connectivity index (χ0n) is 9.58. The SMILES string of the molecule is O=C1CN(C(=O)c2c(F)cccc2Br)CCCN1. The van der Waals surface area contributed by atoms with Crippen molar-refractivity contribution in [2.24, 2.45) is 0 Å². The van der Waals surface area contributed by atoms with Crippen LogP contribution in [0.15, 0.2) is 22.7 Å². The summed E-state index contributed by atoms with van der Waals surface area (Å²) in [5.41, 5.74) is -0.0211. The molecule has 0 aromatic heterocycles. The molecular formula is C12H12BrFN2O2. The smallest absolute Gasteiger partial charge is 0.258 e. The van der Waals surface area contributed by atoms with Crippen LogP contribution in [0, 0.1) is 5.82 Å². The molecule has 2 rings (SSSR count). The Morgan fingerprint density at radius 2 is 2.22 bits per heavy atom. The molecule has 18 heavy (non-hydrogen) atoms. The van der Waals surface area contributed by atoms with E-state index in [4.69, 9.17) is 0 Å². The summed E-state index contributed by atoms with van der Waals surface area (Å²) in [6, 6.07) is 4.36. The Bertz CT molecular complexity index is 473. The van der Waals surface area contributed by atoms with Crippen molar-refractivity contribution in [3.63, 3.8) is 0 Å². The summed E-state index contributed by atoms with van der Waals surface area (Å²) < 4.78 is 14.1. The minimum atomic E-state index is -0.584. The Labute approximate surface area is 112 Å². The van der Waals surface area contributed by atoms with Gasteiger partial charge < -0.3 is 10.2 Å². The number of hydrogen-bond donors (Lipinski definition) is 1. The molecule has 96 valence electrons. The number of carbonyl (C=O) groups is 2. The number of amides is 2. The van der Waals surface area contributed by atoms with E-state index in [2.05, 4.69) is 21.2 Å². The fourth-order valence-electron chi connectivity index (χ4n) is 1.84. The summed E-state index contributed by atoms with van der Waals surface area (Å²) in [4.78, 5) is 25.0. The van der Waals surface area contributed by atoms with Crippen LogP contribution in [-0.2, 0) is 4.79 Å². The largest absolute Gasteiger partial charge is 0.354 e. The van der Waals surface area contributed by atoms with E-state index in [9.17, 15) is 14.0 Å². The highest BCUT2D eigenvalue weighted by Crippen LogP contribution is 2.21. The molecule has 2 amide bonds. The first-order valence-corrected chi connectivity index (χ1v) is 6.39. The lowest BCUT2D eigenvalue weighted by Crippen LogP contribution is -2.37. The molecule has 4 nitrogen and oxygen atoms in total. The molecule has 1 N–H and O–H groups in total. The maximum atomic E-state index is 13.7. The molecule has 0 bridgehead atoms. The predicted molar refractivity (Wildman–Crippen MR) is 67.6 cm³/mol. The highest BCUT2D eigenvalue weighted by Gasteiger charge is 2.24. The van der Waals surface area contributed by atoms with E-state index in [0.717, 1.165) is 0 Å². The van der Waals surface area contributed by atoms with E-state index in [1.807, 2.05) is 0 Å². The molecule has 0 unspecified atom stereocenters. The summed E-state index contributed by atoms with van der Waals surface area (Å²) in [5.74, 6) is -1.26. The number of halogens is 2. The fourth-order valence-corrected chi connectivity index (χ4v) is 2.35. The van der Waals surface area contributed by atoms with Crippen molar-refractivity contribution in [2.75, 3.05) is 19.6 Å². The molecule has 0 atom stereocenters. The van der Waals surface area contributed by atoms with Gasteiger partial charge in [-0.15, -0.1) is 0 Å². The van der Waals surface area contributed by atoms with Gasteiger partial charge in [0.1, 0.15) is 5.82 Å². The topological polar surface area (TPSA) is 49.4 Å². The second-order valence-corrected chi connectivity index (χ2v) is 4.88. The van der Waals surface area contributed by atoms with Crippen molar-refractivity contribution < 1.29 is 14.0 Å². The van der Waals surface area contributed by atoms with Crippen LogP contribution in [0.3, 0.4) is 0 Å². The van der Waals surface area contributed by atoms with E-state index in [-0.39, 0.29) is 18.0 Å². The van der Waals surface area contributed by atoms with Gasteiger partial charge in [0.15, 0.2) is 0 Å². The van der Waals surface area contributed by atoms with Crippen LogP contribution in [0.2, 0.25) is 0 Å². The van der Waals surface area contributed by atoms with Crippen molar-refractivity contribution in [3.8, 4) is 0 Å². The molecule has 0 saturated carbocycles. The summed E-state index contributed by atoms with van der Waals surface area (Å²) in [5, 5.41) is 2.67. The Hall–Kier alpha value is -1.43.